The maximum atomic E-state index is 13.0. The molecule has 1 aliphatic rings. The smallest absolute Gasteiger partial charge is 0.296 e. The highest BCUT2D eigenvalue weighted by molar-refractivity contribution is 7.14. The van der Waals surface area contributed by atoms with Gasteiger partial charge in [-0.1, -0.05) is 18.2 Å². The van der Waals surface area contributed by atoms with Gasteiger partial charge in [0, 0.05) is 11.6 Å². The molecule has 0 unspecified atom stereocenters. The van der Waals surface area contributed by atoms with Crippen LogP contribution in [0.1, 0.15) is 21.3 Å². The molecule has 26 heavy (non-hydrogen) atoms. The molecule has 8 heteroatoms. The summed E-state index contributed by atoms with van der Waals surface area (Å²) in [7, 11) is 0. The molecule has 6 nitrogen and oxygen atoms in total. The Hall–Kier alpha value is -2.97. The number of hydrogen-bond acceptors (Lipinski definition) is 7. The Morgan fingerprint density at radius 1 is 1.12 bits per heavy atom. The zero-order chi connectivity index (χ0) is 18.3. The van der Waals surface area contributed by atoms with Gasteiger partial charge in [-0.3, -0.25) is 14.5 Å². The molecule has 0 saturated heterocycles. The molecule has 4 rings (SSSR count). The summed E-state index contributed by atoms with van der Waals surface area (Å²) in [5.41, 5.74) is 0.496. The van der Waals surface area contributed by atoms with Gasteiger partial charge >= 0.3 is 0 Å². The van der Waals surface area contributed by atoms with Crippen LogP contribution in [0.3, 0.4) is 0 Å². The fourth-order valence-corrected chi connectivity index (χ4v) is 4.27. The zero-order valence-electron chi connectivity index (χ0n) is 13.2. The largest absolute Gasteiger partial charge is 0.508 e. The highest BCUT2D eigenvalue weighted by Gasteiger charge is 2.45. The number of thiazole rings is 1. The normalized spacial score (nSPS) is 17.2. The van der Waals surface area contributed by atoms with E-state index in [1.54, 1.807) is 41.2 Å². The number of hydrogen-bond donors (Lipinski definition) is 2. The summed E-state index contributed by atoms with van der Waals surface area (Å²) in [6, 6.07) is 8.79. The van der Waals surface area contributed by atoms with E-state index in [4.69, 9.17) is 0 Å². The second-order valence-electron chi connectivity index (χ2n) is 5.56. The lowest BCUT2D eigenvalue weighted by Gasteiger charge is -2.24. The van der Waals surface area contributed by atoms with Crippen molar-refractivity contribution in [1.29, 1.82) is 0 Å². The number of nitrogens with zero attached hydrogens (tertiary/aromatic N) is 2. The van der Waals surface area contributed by atoms with Gasteiger partial charge in [0.2, 0.25) is 5.78 Å². The fraction of sp³-hybridized carbons (Fsp3) is 0.0556. The number of phenolic OH excluding ortho intramolecular Hbond substituents is 1. The lowest BCUT2D eigenvalue weighted by molar-refractivity contribution is -0.117. The second-order valence-corrected chi connectivity index (χ2v) is 7.38. The molecule has 0 spiro atoms. The number of anilines is 1. The molecule has 0 saturated carbocycles. The van der Waals surface area contributed by atoms with Crippen LogP contribution in [0.25, 0.3) is 0 Å². The van der Waals surface area contributed by atoms with Crippen molar-refractivity contribution >= 4 is 39.5 Å². The number of amides is 1. The first-order valence-corrected chi connectivity index (χ1v) is 9.37. The van der Waals surface area contributed by atoms with Crippen molar-refractivity contribution in [2.75, 3.05) is 4.90 Å². The van der Waals surface area contributed by atoms with Gasteiger partial charge in [-0.25, -0.2) is 4.98 Å². The van der Waals surface area contributed by atoms with Crippen LogP contribution in [0.2, 0.25) is 0 Å². The van der Waals surface area contributed by atoms with Gasteiger partial charge in [0.25, 0.3) is 5.91 Å². The van der Waals surface area contributed by atoms with Crippen molar-refractivity contribution in [2.45, 2.75) is 6.04 Å². The van der Waals surface area contributed by atoms with Crippen LogP contribution in [-0.2, 0) is 4.79 Å². The van der Waals surface area contributed by atoms with Crippen molar-refractivity contribution in [3.05, 3.63) is 75.1 Å². The van der Waals surface area contributed by atoms with Crippen LogP contribution in [0, 0.1) is 0 Å². The molecule has 0 aliphatic carbocycles. The third-order valence-electron chi connectivity index (χ3n) is 4.01. The van der Waals surface area contributed by atoms with Crippen molar-refractivity contribution in [2.24, 2.45) is 0 Å². The van der Waals surface area contributed by atoms with Gasteiger partial charge in [0.15, 0.2) is 10.9 Å². The Balaban J connectivity index is 1.89. The van der Waals surface area contributed by atoms with Crippen LogP contribution < -0.4 is 4.90 Å². The Labute approximate surface area is 156 Å². The molecular formula is C18H12N2O4S2. The number of Topliss-reactive ketones (excluding diaryl/α,β-unsaturated/α-hetero) is 1. The summed E-state index contributed by atoms with van der Waals surface area (Å²) < 4.78 is 0. The van der Waals surface area contributed by atoms with E-state index in [1.807, 2.05) is 0 Å². The van der Waals surface area contributed by atoms with E-state index < -0.39 is 23.5 Å². The second kappa shape index (κ2) is 6.40. The first-order chi connectivity index (χ1) is 12.6. The van der Waals surface area contributed by atoms with E-state index in [-0.39, 0.29) is 11.3 Å². The third kappa shape index (κ3) is 2.59. The Morgan fingerprint density at radius 2 is 1.96 bits per heavy atom. The number of thiophene rings is 1. The number of ketones is 1. The first kappa shape index (κ1) is 16.5. The van der Waals surface area contributed by atoms with Gasteiger partial charge < -0.3 is 10.2 Å². The minimum atomic E-state index is -0.865. The number of aliphatic hydroxyl groups is 1. The third-order valence-corrected chi connectivity index (χ3v) is 5.65. The molecule has 130 valence electrons. The van der Waals surface area contributed by atoms with Gasteiger partial charge in [0.1, 0.15) is 5.75 Å². The van der Waals surface area contributed by atoms with E-state index >= 15 is 0 Å². The predicted molar refractivity (Wildman–Crippen MR) is 98.8 cm³/mol. The predicted octanol–water partition coefficient (Wildman–Crippen LogP) is 3.69. The lowest BCUT2D eigenvalue weighted by Crippen LogP contribution is -2.30. The average Bonchev–Trinajstić information content (AvgIpc) is 3.37. The number of rotatable bonds is 4. The lowest BCUT2D eigenvalue weighted by atomic mass is 9.95. The van der Waals surface area contributed by atoms with E-state index in [0.29, 0.717) is 15.6 Å². The Kier molecular flexibility index (Phi) is 4.06. The topological polar surface area (TPSA) is 90.7 Å². The van der Waals surface area contributed by atoms with Crippen molar-refractivity contribution in [1.82, 2.24) is 4.98 Å². The maximum Gasteiger partial charge on any atom is 0.296 e. The van der Waals surface area contributed by atoms with E-state index in [0.717, 1.165) is 0 Å². The van der Waals surface area contributed by atoms with Crippen molar-refractivity contribution in [3.63, 3.8) is 0 Å². The average molecular weight is 384 g/mol. The van der Waals surface area contributed by atoms with Gasteiger partial charge in [-0.2, -0.15) is 0 Å². The molecule has 0 radical (unpaired) electrons. The molecule has 1 amide bonds. The van der Waals surface area contributed by atoms with E-state index in [9.17, 15) is 19.8 Å². The molecule has 0 bridgehead atoms. The number of phenols is 1. The number of aliphatic hydroxyl groups excluding tert-OH is 1. The number of benzene rings is 1. The standard InChI is InChI=1S/C18H12N2O4S2/c21-11-4-1-3-10(9-11)14-13(15(22)12-5-2-7-25-12)16(23)17(24)20(14)18-19-6-8-26-18/h1-9,14,21,23H/t14-/m0/s1. The summed E-state index contributed by atoms with van der Waals surface area (Å²) in [5, 5.41) is 24.2. The van der Waals surface area contributed by atoms with Crippen LogP contribution in [0.5, 0.6) is 5.75 Å². The number of carbonyl (C=O) groups is 2. The van der Waals surface area contributed by atoms with E-state index in [1.165, 1.54) is 39.7 Å². The van der Waals surface area contributed by atoms with Gasteiger partial charge in [-0.15, -0.1) is 22.7 Å². The molecule has 1 atom stereocenters. The summed E-state index contributed by atoms with van der Waals surface area (Å²) >= 11 is 2.46. The number of aromatic hydroxyl groups is 1. The fourth-order valence-electron chi connectivity index (χ4n) is 2.92. The summed E-state index contributed by atoms with van der Waals surface area (Å²) in [4.78, 5) is 31.6. The van der Waals surface area contributed by atoms with Crippen LogP contribution in [0.4, 0.5) is 5.13 Å². The van der Waals surface area contributed by atoms with Gasteiger partial charge in [-0.05, 0) is 29.1 Å². The molecule has 0 fully saturated rings. The summed E-state index contributed by atoms with van der Waals surface area (Å²) in [6.45, 7) is 0. The minimum absolute atomic E-state index is 0.00310. The van der Waals surface area contributed by atoms with Crippen LogP contribution in [0.15, 0.2) is 64.7 Å². The molecule has 2 aromatic heterocycles. The number of carbonyl (C=O) groups excluding carboxylic acids is 2. The van der Waals surface area contributed by atoms with Crippen molar-refractivity contribution < 1.29 is 19.8 Å². The highest BCUT2D eigenvalue weighted by Crippen LogP contribution is 2.43. The summed E-state index contributed by atoms with van der Waals surface area (Å²) in [5.74, 6) is -1.69. The van der Waals surface area contributed by atoms with E-state index in [2.05, 4.69) is 4.98 Å². The maximum absolute atomic E-state index is 13.0. The SMILES string of the molecule is O=C(C1=C(O)C(=O)N(c2nccs2)[C@H]1c1cccc(O)c1)c1cccs1. The minimum Gasteiger partial charge on any atom is -0.508 e. The first-order valence-electron chi connectivity index (χ1n) is 7.61. The molecule has 2 N–H and O–H groups in total. The Bertz CT molecular complexity index is 1010. The molecule has 1 aromatic carbocycles. The number of aromatic nitrogens is 1. The molecular weight excluding hydrogens is 372 g/mol. The molecule has 3 aromatic rings. The molecule has 1 aliphatic heterocycles. The zero-order valence-corrected chi connectivity index (χ0v) is 14.8. The summed E-state index contributed by atoms with van der Waals surface area (Å²) in [6.07, 6.45) is 1.54. The van der Waals surface area contributed by atoms with Gasteiger partial charge in [0.05, 0.1) is 16.5 Å². The highest BCUT2D eigenvalue weighted by atomic mass is 32.1. The van der Waals surface area contributed by atoms with Crippen LogP contribution in [-0.4, -0.2) is 26.9 Å². The van der Waals surface area contributed by atoms with Crippen molar-refractivity contribution in [3.8, 4) is 5.75 Å². The Morgan fingerprint density at radius 3 is 2.62 bits per heavy atom. The van der Waals surface area contributed by atoms with Crippen LogP contribution >= 0.6 is 22.7 Å². The molecule has 3 heterocycles. The quantitative estimate of drug-likeness (QED) is 0.670. The monoisotopic (exact) mass is 384 g/mol.